The van der Waals surface area contributed by atoms with Gasteiger partial charge in [-0.3, -0.25) is 4.98 Å². The summed E-state index contributed by atoms with van der Waals surface area (Å²) in [6, 6.07) is 29.3. The Morgan fingerprint density at radius 3 is 2.00 bits per heavy atom. The number of hydrogen-bond acceptors (Lipinski definition) is 1. The van der Waals surface area contributed by atoms with Crippen LogP contribution in [-0.2, 0) is 0 Å². The first-order chi connectivity index (χ1) is 13.3. The lowest BCUT2D eigenvalue weighted by Crippen LogP contribution is -1.92. The molecule has 0 saturated carbocycles. The van der Waals surface area contributed by atoms with Crippen molar-refractivity contribution in [1.29, 1.82) is 0 Å². The average molecular weight is 366 g/mol. The van der Waals surface area contributed by atoms with Crippen molar-refractivity contribution >= 4 is 33.1 Å². The molecule has 0 aliphatic rings. The maximum atomic E-state index is 6.68. The van der Waals surface area contributed by atoms with Gasteiger partial charge in [-0.1, -0.05) is 84.4 Å². The Bertz CT molecular complexity index is 1260. The lowest BCUT2D eigenvalue weighted by molar-refractivity contribution is 1.33. The van der Waals surface area contributed by atoms with E-state index in [2.05, 4.69) is 65.6 Å². The molecule has 5 rings (SSSR count). The van der Waals surface area contributed by atoms with Crippen molar-refractivity contribution in [2.45, 2.75) is 0 Å². The molecule has 1 aromatic heterocycles. The first-order valence-electron chi connectivity index (χ1n) is 8.93. The number of hydrogen-bond donors (Lipinski definition) is 0. The van der Waals surface area contributed by atoms with E-state index in [1.807, 2.05) is 36.7 Å². The molecule has 0 bridgehead atoms. The fraction of sp³-hybridized carbons (Fsp3) is 0. The quantitative estimate of drug-likeness (QED) is 0.297. The molecule has 0 aliphatic heterocycles. The van der Waals surface area contributed by atoms with Crippen LogP contribution in [0.25, 0.3) is 43.8 Å². The molecule has 5 aromatic rings. The molecule has 0 aliphatic carbocycles. The van der Waals surface area contributed by atoms with Gasteiger partial charge in [0.25, 0.3) is 0 Å². The van der Waals surface area contributed by atoms with E-state index in [9.17, 15) is 0 Å². The van der Waals surface area contributed by atoms with E-state index in [1.165, 1.54) is 22.1 Å². The van der Waals surface area contributed by atoms with Gasteiger partial charge in [0.2, 0.25) is 0 Å². The summed E-state index contributed by atoms with van der Waals surface area (Å²) in [5.74, 6) is 0. The second kappa shape index (κ2) is 6.53. The Morgan fingerprint density at radius 2 is 1.22 bits per heavy atom. The minimum absolute atomic E-state index is 0.776. The highest BCUT2D eigenvalue weighted by atomic mass is 35.5. The van der Waals surface area contributed by atoms with E-state index < -0.39 is 0 Å². The Kier molecular flexibility index (Phi) is 3.88. The molecular weight excluding hydrogens is 350 g/mol. The van der Waals surface area contributed by atoms with Crippen LogP contribution in [-0.4, -0.2) is 4.98 Å². The molecule has 0 fully saturated rings. The highest BCUT2D eigenvalue weighted by molar-refractivity contribution is 6.39. The molecule has 0 atom stereocenters. The summed E-state index contributed by atoms with van der Waals surface area (Å²) in [5, 5.41) is 5.38. The van der Waals surface area contributed by atoms with Crippen molar-refractivity contribution in [2.75, 3.05) is 0 Å². The van der Waals surface area contributed by atoms with Crippen LogP contribution in [0.5, 0.6) is 0 Å². The molecule has 2 heteroatoms. The highest BCUT2D eigenvalue weighted by Gasteiger charge is 2.18. The summed E-state index contributed by atoms with van der Waals surface area (Å²) in [4.78, 5) is 4.37. The minimum Gasteiger partial charge on any atom is -0.264 e. The molecule has 128 valence electrons. The molecule has 0 radical (unpaired) electrons. The van der Waals surface area contributed by atoms with Gasteiger partial charge in [0.05, 0.1) is 0 Å². The number of rotatable bonds is 2. The van der Waals surface area contributed by atoms with Gasteiger partial charge in [0.1, 0.15) is 0 Å². The Labute approximate surface area is 162 Å². The zero-order chi connectivity index (χ0) is 18.2. The maximum Gasteiger partial charge on any atom is 0.0490 e. The van der Waals surface area contributed by atoms with Crippen LogP contribution >= 0.6 is 11.6 Å². The normalized spacial score (nSPS) is 11.1. The fourth-order valence-electron chi connectivity index (χ4n) is 3.91. The summed E-state index contributed by atoms with van der Waals surface area (Å²) in [6.07, 6.45) is 3.75. The molecule has 0 amide bonds. The van der Waals surface area contributed by atoms with Crippen molar-refractivity contribution in [1.82, 2.24) is 4.98 Å². The van der Waals surface area contributed by atoms with Crippen LogP contribution in [0.15, 0.2) is 97.3 Å². The lowest BCUT2D eigenvalue weighted by Gasteiger charge is -2.18. The summed E-state index contributed by atoms with van der Waals surface area (Å²) in [5.41, 5.74) is 4.67. The molecule has 0 saturated heterocycles. The second-order valence-corrected chi connectivity index (χ2v) is 6.97. The molecule has 27 heavy (non-hydrogen) atoms. The van der Waals surface area contributed by atoms with Crippen molar-refractivity contribution in [2.24, 2.45) is 0 Å². The van der Waals surface area contributed by atoms with Crippen LogP contribution < -0.4 is 0 Å². The molecule has 1 nitrogen and oxygen atoms in total. The van der Waals surface area contributed by atoms with Gasteiger partial charge >= 0.3 is 0 Å². The largest absolute Gasteiger partial charge is 0.264 e. The van der Waals surface area contributed by atoms with Crippen LogP contribution in [0, 0.1) is 0 Å². The number of aromatic nitrogens is 1. The van der Waals surface area contributed by atoms with Gasteiger partial charge in [-0.05, 0) is 45.0 Å². The van der Waals surface area contributed by atoms with E-state index in [-0.39, 0.29) is 0 Å². The van der Waals surface area contributed by atoms with Crippen LogP contribution in [0.2, 0.25) is 5.02 Å². The average Bonchev–Trinajstić information content (AvgIpc) is 2.74. The Hall–Kier alpha value is -3.16. The fourth-order valence-corrected chi connectivity index (χ4v) is 4.19. The smallest absolute Gasteiger partial charge is 0.0490 e. The molecule has 1 heterocycles. The van der Waals surface area contributed by atoms with Gasteiger partial charge in [0, 0.05) is 28.4 Å². The number of benzene rings is 4. The van der Waals surface area contributed by atoms with Gasteiger partial charge < -0.3 is 0 Å². The van der Waals surface area contributed by atoms with E-state index >= 15 is 0 Å². The predicted octanol–water partition coefficient (Wildman–Crippen LogP) is 7.38. The van der Waals surface area contributed by atoms with Crippen molar-refractivity contribution < 1.29 is 0 Å². The summed E-state index contributed by atoms with van der Waals surface area (Å²) in [7, 11) is 0. The number of nitrogens with zero attached hydrogens (tertiary/aromatic N) is 1. The summed E-state index contributed by atoms with van der Waals surface area (Å²) < 4.78 is 0. The summed E-state index contributed by atoms with van der Waals surface area (Å²) in [6.45, 7) is 0. The molecule has 4 aromatic carbocycles. The van der Waals surface area contributed by atoms with E-state index in [4.69, 9.17) is 11.6 Å². The molecular formula is C25H16ClN. The van der Waals surface area contributed by atoms with E-state index in [0.29, 0.717) is 0 Å². The third-order valence-corrected chi connectivity index (χ3v) is 5.33. The zero-order valence-electron chi connectivity index (χ0n) is 14.6. The topological polar surface area (TPSA) is 12.9 Å². The molecule has 0 N–H and O–H groups in total. The van der Waals surface area contributed by atoms with Crippen molar-refractivity contribution in [3.63, 3.8) is 0 Å². The third-order valence-electron chi connectivity index (χ3n) is 5.01. The third kappa shape index (κ3) is 2.59. The van der Waals surface area contributed by atoms with Gasteiger partial charge in [-0.25, -0.2) is 0 Å². The SMILES string of the molecule is Clc1cccc2c(-c3ccccc3)c(-c3cccnc3)c3ccccc3c12. The zero-order valence-corrected chi connectivity index (χ0v) is 15.3. The number of fused-ring (bicyclic) bond motifs is 3. The van der Waals surface area contributed by atoms with Gasteiger partial charge in [-0.2, -0.15) is 0 Å². The Balaban J connectivity index is 2.08. The lowest BCUT2D eigenvalue weighted by atomic mass is 9.85. The monoisotopic (exact) mass is 365 g/mol. The molecule has 0 unspecified atom stereocenters. The van der Waals surface area contributed by atoms with Gasteiger partial charge in [-0.15, -0.1) is 0 Å². The van der Waals surface area contributed by atoms with Crippen LogP contribution in [0.1, 0.15) is 0 Å². The summed E-state index contributed by atoms with van der Waals surface area (Å²) >= 11 is 6.68. The first kappa shape index (κ1) is 16.0. The second-order valence-electron chi connectivity index (χ2n) is 6.57. The highest BCUT2D eigenvalue weighted by Crippen LogP contribution is 2.45. The maximum absolute atomic E-state index is 6.68. The van der Waals surface area contributed by atoms with E-state index in [1.54, 1.807) is 0 Å². The van der Waals surface area contributed by atoms with Crippen molar-refractivity contribution in [3.8, 4) is 22.3 Å². The Morgan fingerprint density at radius 1 is 0.556 bits per heavy atom. The van der Waals surface area contributed by atoms with E-state index in [0.717, 1.165) is 26.7 Å². The first-order valence-corrected chi connectivity index (χ1v) is 9.31. The van der Waals surface area contributed by atoms with Crippen LogP contribution in [0.4, 0.5) is 0 Å². The van der Waals surface area contributed by atoms with Gasteiger partial charge in [0.15, 0.2) is 0 Å². The van der Waals surface area contributed by atoms with Crippen LogP contribution in [0.3, 0.4) is 0 Å². The van der Waals surface area contributed by atoms with Crippen molar-refractivity contribution in [3.05, 3.63) is 102 Å². The standard InChI is InChI=1S/C25H16ClN/c26-22-14-6-13-21-23(17-8-2-1-3-9-17)24(18-10-7-15-27-16-18)19-11-4-5-12-20(19)25(21)22/h1-16H. The predicted molar refractivity (Wildman–Crippen MR) is 115 cm³/mol. The minimum atomic E-state index is 0.776. The molecule has 0 spiro atoms. The number of pyridine rings is 1. The number of halogens is 1.